The number of hydrogen-bond acceptors (Lipinski definition) is 5. The molecule has 248 valence electrons. The number of unbranched alkanes of at least 4 members (excludes halogenated alkanes) is 14. The Morgan fingerprint density at radius 3 is 1.90 bits per heavy atom. The largest absolute Gasteiger partial charge is 0.472 e. The number of allylic oxidation sites excluding steroid dienone is 3. The van der Waals surface area contributed by atoms with E-state index in [1.54, 1.807) is 6.08 Å². The van der Waals surface area contributed by atoms with Crippen LogP contribution >= 0.6 is 7.82 Å². The summed E-state index contributed by atoms with van der Waals surface area (Å²) in [4.78, 5) is 22.8. The molecule has 3 N–H and O–H groups in total. The van der Waals surface area contributed by atoms with Gasteiger partial charge in [0, 0.05) is 6.42 Å². The first-order chi connectivity index (χ1) is 20.0. The van der Waals surface area contributed by atoms with Crippen LogP contribution in [0.4, 0.5) is 0 Å². The van der Waals surface area contributed by atoms with Crippen LogP contribution in [0.1, 0.15) is 129 Å². The molecule has 0 heterocycles. The summed E-state index contributed by atoms with van der Waals surface area (Å²) in [7, 11) is 1.55. The summed E-state index contributed by atoms with van der Waals surface area (Å²) in [6, 6.07) is -0.853. The Balaban J connectivity index is 4.66. The molecule has 0 spiro atoms. The predicted octanol–water partition coefficient (Wildman–Crippen LogP) is 7.85. The third-order valence-electron chi connectivity index (χ3n) is 7.17. The maximum atomic E-state index is 12.7. The number of carbonyl (C=O) groups excluding carboxylic acids is 1. The van der Waals surface area contributed by atoms with Crippen molar-refractivity contribution in [3.63, 3.8) is 0 Å². The van der Waals surface area contributed by atoms with Crippen molar-refractivity contribution in [1.29, 1.82) is 0 Å². The number of quaternary nitrogens is 1. The van der Waals surface area contributed by atoms with E-state index in [9.17, 15) is 19.4 Å². The second kappa shape index (κ2) is 26.4. The fourth-order valence-corrected chi connectivity index (χ4v) is 5.14. The third-order valence-corrected chi connectivity index (χ3v) is 8.16. The van der Waals surface area contributed by atoms with Crippen molar-refractivity contribution in [3.8, 4) is 0 Å². The van der Waals surface area contributed by atoms with Gasteiger partial charge in [-0.3, -0.25) is 13.8 Å². The highest BCUT2D eigenvalue weighted by molar-refractivity contribution is 7.47. The van der Waals surface area contributed by atoms with Gasteiger partial charge >= 0.3 is 7.82 Å². The van der Waals surface area contributed by atoms with Crippen molar-refractivity contribution < 1.29 is 32.9 Å². The molecule has 0 aromatic heterocycles. The Morgan fingerprint density at radius 1 is 0.786 bits per heavy atom. The smallest absolute Gasteiger partial charge is 0.387 e. The lowest BCUT2D eigenvalue weighted by molar-refractivity contribution is -0.870. The molecule has 0 radical (unpaired) electrons. The van der Waals surface area contributed by atoms with Gasteiger partial charge < -0.3 is 19.8 Å². The Kier molecular flexibility index (Phi) is 25.7. The molecule has 0 aliphatic heterocycles. The number of hydrogen-bond donors (Lipinski definition) is 3. The number of aliphatic hydroxyl groups excluding tert-OH is 1. The Morgan fingerprint density at radius 2 is 1.31 bits per heavy atom. The topological polar surface area (TPSA) is 105 Å². The van der Waals surface area contributed by atoms with Gasteiger partial charge in [0.2, 0.25) is 5.91 Å². The monoisotopic (exact) mass is 617 g/mol. The average Bonchev–Trinajstić information content (AvgIpc) is 2.92. The number of rotatable bonds is 29. The SMILES string of the molecule is CCCCC/C=C/CC/C=C/[C@@H](O)[C@H](COP(=O)(O)OCC[N+](C)(C)C)NC(=O)CCCCCCCCCCCCC. The molecule has 1 unspecified atom stereocenters. The molecule has 0 rings (SSSR count). The summed E-state index contributed by atoms with van der Waals surface area (Å²) < 4.78 is 23.3. The van der Waals surface area contributed by atoms with E-state index in [0.717, 1.165) is 38.5 Å². The summed E-state index contributed by atoms with van der Waals surface area (Å²) >= 11 is 0. The Hall–Kier alpha value is -1.02. The maximum absolute atomic E-state index is 12.7. The summed E-state index contributed by atoms with van der Waals surface area (Å²) in [5, 5.41) is 13.6. The zero-order valence-corrected chi connectivity index (χ0v) is 28.6. The molecule has 9 heteroatoms. The molecule has 0 saturated carbocycles. The first-order valence-corrected chi connectivity index (χ1v) is 18.2. The van der Waals surface area contributed by atoms with Gasteiger partial charge in [0.15, 0.2) is 0 Å². The molecular weight excluding hydrogens is 551 g/mol. The quantitative estimate of drug-likeness (QED) is 0.0342. The van der Waals surface area contributed by atoms with E-state index in [4.69, 9.17) is 9.05 Å². The van der Waals surface area contributed by atoms with E-state index in [0.29, 0.717) is 17.4 Å². The van der Waals surface area contributed by atoms with E-state index in [-0.39, 0.29) is 19.1 Å². The molecule has 3 atom stereocenters. The molecule has 0 saturated heterocycles. The number of aliphatic hydroxyl groups is 1. The van der Waals surface area contributed by atoms with Crippen LogP contribution in [-0.4, -0.2) is 73.4 Å². The van der Waals surface area contributed by atoms with E-state index in [1.165, 1.54) is 70.6 Å². The van der Waals surface area contributed by atoms with E-state index >= 15 is 0 Å². The lowest BCUT2D eigenvalue weighted by Gasteiger charge is -2.25. The van der Waals surface area contributed by atoms with E-state index in [1.807, 2.05) is 27.2 Å². The molecular formula is C33H66N2O6P+. The van der Waals surface area contributed by atoms with Gasteiger partial charge in [-0.15, -0.1) is 0 Å². The molecule has 8 nitrogen and oxygen atoms in total. The fraction of sp³-hybridized carbons (Fsp3) is 0.848. The summed E-state index contributed by atoms with van der Waals surface area (Å²) in [5.41, 5.74) is 0. The Bertz CT molecular complexity index is 753. The molecule has 0 aliphatic rings. The number of carbonyl (C=O) groups is 1. The molecule has 0 aliphatic carbocycles. The maximum Gasteiger partial charge on any atom is 0.472 e. The van der Waals surface area contributed by atoms with Crippen LogP contribution in [0, 0.1) is 0 Å². The van der Waals surface area contributed by atoms with Crippen LogP contribution in [0.25, 0.3) is 0 Å². The molecule has 42 heavy (non-hydrogen) atoms. The number of phosphoric ester groups is 1. The highest BCUT2D eigenvalue weighted by Gasteiger charge is 2.27. The first-order valence-electron chi connectivity index (χ1n) is 16.7. The summed E-state index contributed by atoms with van der Waals surface area (Å²) in [6.45, 7) is 4.69. The van der Waals surface area contributed by atoms with E-state index in [2.05, 4.69) is 31.3 Å². The lowest BCUT2D eigenvalue weighted by atomic mass is 10.0. The fourth-order valence-electron chi connectivity index (χ4n) is 4.41. The minimum atomic E-state index is -4.32. The molecule has 1 amide bonds. The highest BCUT2D eigenvalue weighted by Crippen LogP contribution is 2.43. The van der Waals surface area contributed by atoms with Crippen molar-refractivity contribution in [1.82, 2.24) is 5.32 Å². The summed E-state index contributed by atoms with van der Waals surface area (Å²) in [6.07, 6.45) is 26.8. The van der Waals surface area contributed by atoms with Crippen LogP contribution in [0.15, 0.2) is 24.3 Å². The van der Waals surface area contributed by atoms with Gasteiger partial charge in [0.25, 0.3) is 0 Å². The third kappa shape index (κ3) is 27.8. The number of phosphoric acid groups is 1. The van der Waals surface area contributed by atoms with Crippen LogP contribution in [0.5, 0.6) is 0 Å². The second-order valence-electron chi connectivity index (χ2n) is 12.5. The van der Waals surface area contributed by atoms with Gasteiger partial charge in [0.05, 0.1) is 39.9 Å². The molecule has 0 bridgehead atoms. The molecule has 0 aromatic rings. The zero-order valence-electron chi connectivity index (χ0n) is 27.7. The van der Waals surface area contributed by atoms with Crippen LogP contribution in [0.2, 0.25) is 0 Å². The number of nitrogens with zero attached hydrogens (tertiary/aromatic N) is 1. The van der Waals surface area contributed by atoms with Gasteiger partial charge in [-0.1, -0.05) is 115 Å². The van der Waals surface area contributed by atoms with Gasteiger partial charge in [-0.2, -0.15) is 0 Å². The van der Waals surface area contributed by atoms with Gasteiger partial charge in [0.1, 0.15) is 13.2 Å². The highest BCUT2D eigenvalue weighted by atomic mass is 31.2. The molecule has 0 aromatic carbocycles. The second-order valence-corrected chi connectivity index (χ2v) is 14.0. The number of nitrogens with one attached hydrogen (secondary N) is 1. The van der Waals surface area contributed by atoms with Crippen LogP contribution in [0.3, 0.4) is 0 Å². The Labute approximate surface area is 258 Å². The van der Waals surface area contributed by atoms with Gasteiger partial charge in [-0.05, 0) is 32.1 Å². The average molecular weight is 618 g/mol. The van der Waals surface area contributed by atoms with Crippen LogP contribution < -0.4 is 5.32 Å². The van der Waals surface area contributed by atoms with Gasteiger partial charge in [-0.25, -0.2) is 4.57 Å². The standard InChI is InChI=1S/C33H65N2O6P/c1-6-8-10-12-14-16-17-19-21-23-25-27-33(37)34-31(30-41-42(38,39)40-29-28-35(3,4)5)32(36)26-24-22-20-18-15-13-11-9-7-2/h15,18,24,26,31-32,36H,6-14,16-17,19-23,25,27-30H2,1-5H3,(H-,34,37,38,39)/p+1/b18-15+,26-24+/t31-,32+/m0/s1. The lowest BCUT2D eigenvalue weighted by Crippen LogP contribution is -2.45. The minimum Gasteiger partial charge on any atom is -0.387 e. The summed E-state index contributed by atoms with van der Waals surface area (Å²) in [5.74, 6) is -0.194. The normalized spacial score (nSPS) is 15.3. The molecule has 0 fully saturated rings. The predicted molar refractivity (Wildman–Crippen MR) is 175 cm³/mol. The van der Waals surface area contributed by atoms with Crippen molar-refractivity contribution >= 4 is 13.7 Å². The van der Waals surface area contributed by atoms with E-state index < -0.39 is 20.0 Å². The number of likely N-dealkylation sites (N-methyl/N-ethyl adjacent to an activating group) is 1. The van der Waals surface area contributed by atoms with Crippen molar-refractivity contribution in [2.45, 2.75) is 142 Å². The minimum absolute atomic E-state index is 0.0571. The van der Waals surface area contributed by atoms with Crippen molar-refractivity contribution in [3.05, 3.63) is 24.3 Å². The van der Waals surface area contributed by atoms with Crippen LogP contribution in [-0.2, 0) is 18.4 Å². The number of amides is 1. The zero-order chi connectivity index (χ0) is 31.5. The van der Waals surface area contributed by atoms with Crippen molar-refractivity contribution in [2.24, 2.45) is 0 Å². The van der Waals surface area contributed by atoms with Crippen molar-refractivity contribution in [2.75, 3.05) is 40.9 Å². The first kappa shape index (κ1) is 41.0.